The van der Waals surface area contributed by atoms with Crippen LogP contribution in [-0.2, 0) is 7.05 Å². The molecule has 0 amide bonds. The zero-order chi connectivity index (χ0) is 12.4. The lowest BCUT2D eigenvalue weighted by Crippen LogP contribution is -2.04. The number of carboxylic acids is 1. The number of nitrogens with two attached hydrogens (primary N) is 1. The van der Waals surface area contributed by atoms with Crippen molar-refractivity contribution in [3.05, 3.63) is 24.2 Å². The summed E-state index contributed by atoms with van der Waals surface area (Å²) in [4.78, 5) is 18.5. The highest BCUT2D eigenvalue weighted by atomic mass is 16.5. The van der Waals surface area contributed by atoms with Crippen LogP contribution < -0.4 is 10.5 Å². The molecular weight excluding hydrogens is 226 g/mol. The first kappa shape index (κ1) is 10.9. The van der Waals surface area contributed by atoms with Crippen molar-refractivity contribution in [2.24, 2.45) is 7.05 Å². The molecule has 0 unspecified atom stereocenters. The maximum atomic E-state index is 10.8. The second-order valence-electron chi connectivity index (χ2n) is 3.22. The number of aromatic carboxylic acids is 1. The maximum absolute atomic E-state index is 10.8. The second kappa shape index (κ2) is 4.08. The molecule has 0 aliphatic carbocycles. The summed E-state index contributed by atoms with van der Waals surface area (Å²) in [5.41, 5.74) is 5.44. The highest BCUT2D eigenvalue weighted by molar-refractivity contribution is 5.93. The Hall–Kier alpha value is -2.64. The summed E-state index contributed by atoms with van der Waals surface area (Å²) >= 11 is 0. The first-order valence-electron chi connectivity index (χ1n) is 4.58. The van der Waals surface area contributed by atoms with E-state index >= 15 is 0 Å². The molecule has 0 spiro atoms. The molecule has 2 rings (SSSR count). The molecule has 17 heavy (non-hydrogen) atoms. The number of pyridine rings is 1. The monoisotopic (exact) mass is 235 g/mol. The molecule has 0 fully saturated rings. The quantitative estimate of drug-likeness (QED) is 0.784. The largest absolute Gasteiger partial charge is 0.478 e. The molecule has 88 valence electrons. The maximum Gasteiger partial charge on any atom is 0.342 e. The zero-order valence-electron chi connectivity index (χ0n) is 8.86. The number of nitrogens with zero attached hydrogens (tertiary/aromatic N) is 4. The van der Waals surface area contributed by atoms with E-state index in [1.165, 1.54) is 23.3 Å². The van der Waals surface area contributed by atoms with E-state index in [1.54, 1.807) is 7.05 Å². The normalized spacial score (nSPS) is 10.2. The lowest BCUT2D eigenvalue weighted by Gasteiger charge is -2.03. The second-order valence-corrected chi connectivity index (χ2v) is 3.22. The molecule has 0 radical (unpaired) electrons. The fourth-order valence-electron chi connectivity index (χ4n) is 1.15. The molecule has 0 saturated heterocycles. The molecule has 2 aromatic rings. The van der Waals surface area contributed by atoms with E-state index < -0.39 is 5.97 Å². The topological polar surface area (TPSA) is 116 Å². The number of hydrogen-bond acceptors (Lipinski definition) is 6. The van der Waals surface area contributed by atoms with Gasteiger partial charge in [-0.3, -0.25) is 4.68 Å². The first-order valence-corrected chi connectivity index (χ1v) is 4.58. The van der Waals surface area contributed by atoms with Crippen molar-refractivity contribution in [1.29, 1.82) is 0 Å². The van der Waals surface area contributed by atoms with Crippen molar-refractivity contribution in [2.45, 2.75) is 0 Å². The van der Waals surface area contributed by atoms with Crippen molar-refractivity contribution in [2.75, 3.05) is 5.73 Å². The number of ether oxygens (including phenoxy) is 1. The predicted octanol–water partition coefficient (Wildman–Crippen LogP) is 0.283. The summed E-state index contributed by atoms with van der Waals surface area (Å²) in [6, 6.07) is 1.30. The standard InChI is InChI=1S/C9H9N5O3/c1-14-4-12-9(13-14)17-7-2-5(8(15)16)6(10)3-11-7/h2-4H,10H2,1H3,(H,15,16). The van der Waals surface area contributed by atoms with Gasteiger partial charge >= 0.3 is 12.0 Å². The molecule has 8 nitrogen and oxygen atoms in total. The average Bonchev–Trinajstić information content (AvgIpc) is 2.66. The van der Waals surface area contributed by atoms with Gasteiger partial charge in [0.15, 0.2) is 0 Å². The average molecular weight is 235 g/mol. The molecule has 2 heterocycles. The van der Waals surface area contributed by atoms with Crippen LogP contribution in [0, 0.1) is 0 Å². The number of aromatic nitrogens is 4. The molecule has 0 bridgehead atoms. The molecule has 0 atom stereocenters. The van der Waals surface area contributed by atoms with Gasteiger partial charge < -0.3 is 15.6 Å². The Balaban J connectivity index is 2.28. The number of rotatable bonds is 3. The summed E-state index contributed by atoms with van der Waals surface area (Å²) in [7, 11) is 1.68. The van der Waals surface area contributed by atoms with Gasteiger partial charge in [0.1, 0.15) is 6.33 Å². The van der Waals surface area contributed by atoms with Crippen molar-refractivity contribution in [1.82, 2.24) is 19.7 Å². The Morgan fingerprint density at radius 2 is 2.29 bits per heavy atom. The van der Waals surface area contributed by atoms with E-state index in [4.69, 9.17) is 15.6 Å². The van der Waals surface area contributed by atoms with E-state index in [0.717, 1.165) is 0 Å². The SMILES string of the molecule is Cn1cnc(Oc2cc(C(=O)O)c(N)cn2)n1. The highest BCUT2D eigenvalue weighted by Gasteiger charge is 2.11. The highest BCUT2D eigenvalue weighted by Crippen LogP contribution is 2.19. The summed E-state index contributed by atoms with van der Waals surface area (Å²) in [5, 5.41) is 12.7. The van der Waals surface area contributed by atoms with Gasteiger partial charge in [0.2, 0.25) is 5.88 Å². The Kier molecular flexibility index (Phi) is 2.61. The fraction of sp³-hybridized carbons (Fsp3) is 0.111. The molecular formula is C9H9N5O3. The van der Waals surface area contributed by atoms with E-state index in [9.17, 15) is 4.79 Å². The van der Waals surface area contributed by atoms with Crippen LogP contribution in [0.3, 0.4) is 0 Å². The van der Waals surface area contributed by atoms with Crippen LogP contribution in [0.15, 0.2) is 18.6 Å². The van der Waals surface area contributed by atoms with Gasteiger partial charge in [-0.2, -0.15) is 4.98 Å². The number of anilines is 1. The van der Waals surface area contributed by atoms with E-state index in [0.29, 0.717) is 0 Å². The van der Waals surface area contributed by atoms with Crippen LogP contribution in [0.5, 0.6) is 11.9 Å². The predicted molar refractivity (Wildman–Crippen MR) is 56.7 cm³/mol. The number of nitrogen functional groups attached to an aromatic ring is 1. The Labute approximate surface area is 95.7 Å². The van der Waals surface area contributed by atoms with Crippen LogP contribution in [0.1, 0.15) is 10.4 Å². The van der Waals surface area contributed by atoms with Gasteiger partial charge in [-0.15, -0.1) is 5.10 Å². The van der Waals surface area contributed by atoms with Crippen molar-refractivity contribution < 1.29 is 14.6 Å². The Morgan fingerprint density at radius 1 is 1.53 bits per heavy atom. The van der Waals surface area contributed by atoms with Crippen molar-refractivity contribution >= 4 is 11.7 Å². The minimum atomic E-state index is -1.15. The number of hydrogen-bond donors (Lipinski definition) is 2. The Morgan fingerprint density at radius 3 is 2.88 bits per heavy atom. The van der Waals surface area contributed by atoms with Crippen LogP contribution >= 0.6 is 0 Å². The van der Waals surface area contributed by atoms with Gasteiger partial charge in [0.05, 0.1) is 17.4 Å². The molecule has 8 heteroatoms. The minimum absolute atomic E-state index is 0.0684. The van der Waals surface area contributed by atoms with E-state index in [2.05, 4.69) is 15.1 Å². The smallest absolute Gasteiger partial charge is 0.342 e. The molecule has 2 aromatic heterocycles. The van der Waals surface area contributed by atoms with Crippen LogP contribution in [0.4, 0.5) is 5.69 Å². The summed E-state index contributed by atoms with van der Waals surface area (Å²) in [6.45, 7) is 0. The van der Waals surface area contributed by atoms with Crippen LogP contribution in [0.25, 0.3) is 0 Å². The third-order valence-electron chi connectivity index (χ3n) is 1.91. The lowest BCUT2D eigenvalue weighted by molar-refractivity contribution is 0.0697. The number of carbonyl (C=O) groups is 1. The fourth-order valence-corrected chi connectivity index (χ4v) is 1.15. The lowest BCUT2D eigenvalue weighted by atomic mass is 10.2. The summed E-state index contributed by atoms with van der Waals surface area (Å²) in [6.07, 6.45) is 2.66. The summed E-state index contributed by atoms with van der Waals surface area (Å²) in [5.74, 6) is -1.08. The van der Waals surface area contributed by atoms with Gasteiger partial charge in [-0.05, 0) is 0 Å². The molecule has 0 aliphatic rings. The number of carboxylic acid groups (broad SMARTS) is 1. The first-order chi connectivity index (χ1) is 8.06. The third-order valence-corrected chi connectivity index (χ3v) is 1.91. The van der Waals surface area contributed by atoms with Crippen molar-refractivity contribution in [3.8, 4) is 11.9 Å². The number of aryl methyl sites for hydroxylation is 1. The van der Waals surface area contributed by atoms with Crippen molar-refractivity contribution in [3.63, 3.8) is 0 Å². The van der Waals surface area contributed by atoms with Gasteiger partial charge in [-0.1, -0.05) is 0 Å². The van der Waals surface area contributed by atoms with Gasteiger partial charge in [0, 0.05) is 13.1 Å². The Bertz CT molecular complexity index is 566. The zero-order valence-corrected chi connectivity index (χ0v) is 8.86. The van der Waals surface area contributed by atoms with Crippen LogP contribution in [-0.4, -0.2) is 30.8 Å². The third kappa shape index (κ3) is 2.30. The summed E-state index contributed by atoms with van der Waals surface area (Å²) < 4.78 is 6.62. The molecule has 3 N–H and O–H groups in total. The van der Waals surface area contributed by atoms with Gasteiger partial charge in [0.25, 0.3) is 0 Å². The van der Waals surface area contributed by atoms with E-state index in [1.807, 2.05) is 0 Å². The van der Waals surface area contributed by atoms with E-state index in [-0.39, 0.29) is 23.1 Å². The molecule has 0 saturated carbocycles. The van der Waals surface area contributed by atoms with Crippen LogP contribution in [0.2, 0.25) is 0 Å². The molecule has 0 aliphatic heterocycles. The minimum Gasteiger partial charge on any atom is -0.478 e. The van der Waals surface area contributed by atoms with Gasteiger partial charge in [-0.25, -0.2) is 9.78 Å². The molecule has 0 aromatic carbocycles.